The molecule has 1 amide bonds. The Labute approximate surface area is 174 Å². The molecule has 3 rings (SSSR count). The molecule has 0 bridgehead atoms. The van der Waals surface area contributed by atoms with Gasteiger partial charge in [-0.25, -0.2) is 13.1 Å². The summed E-state index contributed by atoms with van der Waals surface area (Å²) in [6.07, 6.45) is 0.517. The molecule has 0 aliphatic rings. The van der Waals surface area contributed by atoms with E-state index in [0.717, 1.165) is 22.5 Å². The van der Waals surface area contributed by atoms with Gasteiger partial charge in [-0.05, 0) is 44.9 Å². The van der Waals surface area contributed by atoms with E-state index in [-0.39, 0.29) is 15.4 Å². The number of benzene rings is 2. The van der Waals surface area contributed by atoms with E-state index in [4.69, 9.17) is 0 Å². The molecule has 152 valence electrons. The van der Waals surface area contributed by atoms with E-state index in [1.165, 1.54) is 0 Å². The van der Waals surface area contributed by atoms with Gasteiger partial charge in [0, 0.05) is 11.1 Å². The first-order valence-electron chi connectivity index (χ1n) is 8.94. The molecule has 0 radical (unpaired) electrons. The van der Waals surface area contributed by atoms with Gasteiger partial charge in [0.2, 0.25) is 9.47 Å². The molecule has 0 unspecified atom stereocenters. The third kappa shape index (κ3) is 5.69. The Balaban J connectivity index is 1.70. The van der Waals surface area contributed by atoms with Crippen LogP contribution in [0.5, 0.6) is 0 Å². The lowest BCUT2D eigenvalue weighted by atomic mass is 9.96. The van der Waals surface area contributed by atoms with Crippen LogP contribution < -0.4 is 10.0 Å². The summed E-state index contributed by atoms with van der Waals surface area (Å²) < 4.78 is 27.9. The maximum Gasteiger partial charge on any atom is 0.270 e. The fraction of sp³-hybridized carbons (Fsp3) is 0.250. The molecule has 9 heteroatoms. The van der Waals surface area contributed by atoms with E-state index in [1.54, 1.807) is 32.0 Å². The molecule has 0 saturated carbocycles. The number of hydrogen-bond acceptors (Lipinski definition) is 6. The number of rotatable bonds is 7. The summed E-state index contributed by atoms with van der Waals surface area (Å²) in [5.41, 5.74) is 1.70. The molecule has 0 aliphatic carbocycles. The molecule has 1 aromatic heterocycles. The highest BCUT2D eigenvalue weighted by Crippen LogP contribution is 2.23. The SMILES string of the molecule is Cc1cccc(C(=O)Nc2nnc(S(=O)(=O)NC(C)(C)Cc3ccccc3)s2)c1. The summed E-state index contributed by atoms with van der Waals surface area (Å²) in [5.74, 6) is -0.369. The van der Waals surface area contributed by atoms with Gasteiger partial charge in [0.25, 0.3) is 15.9 Å². The predicted molar refractivity (Wildman–Crippen MR) is 114 cm³/mol. The van der Waals surface area contributed by atoms with E-state index in [1.807, 2.05) is 43.3 Å². The van der Waals surface area contributed by atoms with E-state index >= 15 is 0 Å². The molecular formula is C20H22N4O3S2. The first-order chi connectivity index (χ1) is 13.6. The number of amides is 1. The second kappa shape index (κ2) is 8.40. The number of carbonyl (C=O) groups excluding carboxylic acids is 1. The largest absolute Gasteiger partial charge is 0.296 e. The molecule has 0 aliphatic heterocycles. The standard InChI is InChI=1S/C20H22N4O3S2/c1-14-8-7-11-16(12-14)17(25)21-18-22-23-19(28-18)29(26,27)24-20(2,3)13-15-9-5-4-6-10-15/h4-12,24H,13H2,1-3H3,(H,21,22,25). The second-order valence-corrected chi connectivity index (χ2v) is 10.2. The minimum absolute atomic E-state index is 0.123. The Bertz CT molecular complexity index is 1110. The summed E-state index contributed by atoms with van der Waals surface area (Å²) in [6, 6.07) is 16.7. The van der Waals surface area contributed by atoms with Gasteiger partial charge in [0.05, 0.1) is 0 Å². The highest BCUT2D eigenvalue weighted by Gasteiger charge is 2.29. The predicted octanol–water partition coefficient (Wildman–Crippen LogP) is 3.40. The van der Waals surface area contributed by atoms with E-state index in [2.05, 4.69) is 20.2 Å². The van der Waals surface area contributed by atoms with E-state index in [0.29, 0.717) is 12.0 Å². The summed E-state index contributed by atoms with van der Waals surface area (Å²) in [4.78, 5) is 12.3. The minimum atomic E-state index is -3.88. The summed E-state index contributed by atoms with van der Waals surface area (Å²) >= 11 is 0.809. The molecule has 29 heavy (non-hydrogen) atoms. The zero-order chi connectivity index (χ0) is 21.1. The van der Waals surface area contributed by atoms with E-state index < -0.39 is 15.6 Å². The van der Waals surface area contributed by atoms with Crippen LogP contribution >= 0.6 is 11.3 Å². The monoisotopic (exact) mass is 430 g/mol. The molecular weight excluding hydrogens is 408 g/mol. The quantitative estimate of drug-likeness (QED) is 0.560. The van der Waals surface area contributed by atoms with Crippen molar-refractivity contribution >= 4 is 32.4 Å². The number of sulfonamides is 1. The molecule has 7 nitrogen and oxygen atoms in total. The summed E-state index contributed by atoms with van der Waals surface area (Å²) in [6.45, 7) is 5.49. The summed E-state index contributed by atoms with van der Waals surface area (Å²) in [7, 11) is -3.88. The van der Waals surface area contributed by atoms with Gasteiger partial charge in [-0.2, -0.15) is 0 Å². The van der Waals surface area contributed by atoms with Crippen LogP contribution in [0.3, 0.4) is 0 Å². The van der Waals surface area contributed by atoms with Gasteiger partial charge in [0.15, 0.2) is 0 Å². The van der Waals surface area contributed by atoms with Crippen LogP contribution in [0.1, 0.15) is 35.3 Å². The van der Waals surface area contributed by atoms with Crippen LogP contribution in [0.25, 0.3) is 0 Å². The van der Waals surface area contributed by atoms with Gasteiger partial charge in [-0.3, -0.25) is 10.1 Å². The van der Waals surface area contributed by atoms with Crippen molar-refractivity contribution in [1.29, 1.82) is 0 Å². The fourth-order valence-corrected chi connectivity index (χ4v) is 5.18. The minimum Gasteiger partial charge on any atom is -0.296 e. The third-order valence-corrected chi connectivity index (χ3v) is 6.94. The Morgan fingerprint density at radius 3 is 2.48 bits per heavy atom. The van der Waals surface area contributed by atoms with Crippen LogP contribution in [0, 0.1) is 6.92 Å². The van der Waals surface area contributed by atoms with Crippen LogP contribution in [-0.4, -0.2) is 30.1 Å². The number of nitrogens with zero attached hydrogens (tertiary/aromatic N) is 2. The van der Waals surface area contributed by atoms with Crippen LogP contribution in [0.2, 0.25) is 0 Å². The highest BCUT2D eigenvalue weighted by molar-refractivity contribution is 7.91. The van der Waals surface area contributed by atoms with Crippen molar-refractivity contribution in [2.24, 2.45) is 0 Å². The molecule has 0 spiro atoms. The topological polar surface area (TPSA) is 101 Å². The first kappa shape index (κ1) is 21.1. The smallest absolute Gasteiger partial charge is 0.270 e. The van der Waals surface area contributed by atoms with Crippen molar-refractivity contribution in [3.05, 3.63) is 71.3 Å². The first-order valence-corrected chi connectivity index (χ1v) is 11.2. The molecule has 2 aromatic carbocycles. The summed E-state index contributed by atoms with van der Waals surface area (Å²) in [5, 5.41) is 10.3. The second-order valence-electron chi connectivity index (χ2n) is 7.35. The lowest BCUT2D eigenvalue weighted by Crippen LogP contribution is -2.44. The third-order valence-electron chi connectivity index (χ3n) is 4.04. The Morgan fingerprint density at radius 2 is 1.79 bits per heavy atom. The lowest BCUT2D eigenvalue weighted by Gasteiger charge is -2.25. The van der Waals surface area contributed by atoms with Crippen LogP contribution in [-0.2, 0) is 16.4 Å². The van der Waals surface area contributed by atoms with Crippen molar-refractivity contribution in [2.45, 2.75) is 37.1 Å². The van der Waals surface area contributed by atoms with Crippen molar-refractivity contribution in [2.75, 3.05) is 5.32 Å². The number of aromatic nitrogens is 2. The molecule has 3 aromatic rings. The molecule has 0 atom stereocenters. The zero-order valence-electron chi connectivity index (χ0n) is 16.3. The van der Waals surface area contributed by atoms with Crippen LogP contribution in [0.15, 0.2) is 58.9 Å². The molecule has 0 fully saturated rings. The molecule has 0 saturated heterocycles. The van der Waals surface area contributed by atoms with E-state index in [9.17, 15) is 13.2 Å². The van der Waals surface area contributed by atoms with Crippen molar-refractivity contribution in [3.8, 4) is 0 Å². The van der Waals surface area contributed by atoms with Crippen molar-refractivity contribution < 1.29 is 13.2 Å². The molecule has 2 N–H and O–H groups in total. The average molecular weight is 431 g/mol. The van der Waals surface area contributed by atoms with Gasteiger partial charge >= 0.3 is 0 Å². The van der Waals surface area contributed by atoms with Gasteiger partial charge < -0.3 is 0 Å². The van der Waals surface area contributed by atoms with Gasteiger partial charge in [0.1, 0.15) is 0 Å². The lowest BCUT2D eigenvalue weighted by molar-refractivity contribution is 0.102. The number of hydrogen-bond donors (Lipinski definition) is 2. The van der Waals surface area contributed by atoms with Crippen molar-refractivity contribution in [3.63, 3.8) is 0 Å². The van der Waals surface area contributed by atoms with Gasteiger partial charge in [-0.15, -0.1) is 10.2 Å². The fourth-order valence-electron chi connectivity index (χ4n) is 2.87. The Morgan fingerprint density at radius 1 is 1.07 bits per heavy atom. The zero-order valence-corrected chi connectivity index (χ0v) is 18.0. The number of carbonyl (C=O) groups is 1. The number of aryl methyl sites for hydroxylation is 1. The number of anilines is 1. The maximum absolute atomic E-state index is 12.7. The number of nitrogens with one attached hydrogen (secondary N) is 2. The van der Waals surface area contributed by atoms with Gasteiger partial charge in [-0.1, -0.05) is 59.4 Å². The normalized spacial score (nSPS) is 12.0. The highest BCUT2D eigenvalue weighted by atomic mass is 32.2. The van der Waals surface area contributed by atoms with Crippen LogP contribution in [0.4, 0.5) is 5.13 Å². The molecule has 1 heterocycles. The average Bonchev–Trinajstić information content (AvgIpc) is 3.11. The Hall–Kier alpha value is -2.62. The maximum atomic E-state index is 12.7. The Kier molecular flexibility index (Phi) is 6.11. The van der Waals surface area contributed by atoms with Crippen molar-refractivity contribution in [1.82, 2.24) is 14.9 Å².